The van der Waals surface area contributed by atoms with E-state index in [2.05, 4.69) is 29.4 Å². The summed E-state index contributed by atoms with van der Waals surface area (Å²) in [7, 11) is 0. The third-order valence-electron chi connectivity index (χ3n) is 3.71. The van der Waals surface area contributed by atoms with Crippen LogP contribution in [0.15, 0.2) is 79.1 Å². The Morgan fingerprint density at radius 2 is 1.74 bits per heavy atom. The molecule has 0 saturated heterocycles. The average Bonchev–Trinajstić information content (AvgIpc) is 2.61. The number of aryl methyl sites for hydroxylation is 1. The van der Waals surface area contributed by atoms with Crippen LogP contribution in [0.25, 0.3) is 0 Å². The Bertz CT molecular complexity index is 785. The summed E-state index contributed by atoms with van der Waals surface area (Å²) in [4.78, 5) is 16.5. The molecule has 23 heavy (non-hydrogen) atoms. The van der Waals surface area contributed by atoms with E-state index in [1.54, 1.807) is 24.5 Å². The maximum atomic E-state index is 12.5. The van der Waals surface area contributed by atoms with E-state index >= 15 is 0 Å². The molecule has 3 aromatic rings. The van der Waals surface area contributed by atoms with Gasteiger partial charge in [0.15, 0.2) is 0 Å². The highest BCUT2D eigenvalue weighted by molar-refractivity contribution is 5.94. The largest absolute Gasteiger partial charge is 0.341 e. The molecule has 3 nitrogen and oxygen atoms in total. The van der Waals surface area contributed by atoms with Crippen LogP contribution in [0, 0.1) is 6.92 Å². The van der Waals surface area contributed by atoms with Crippen LogP contribution in [0.1, 0.15) is 33.1 Å². The summed E-state index contributed by atoms with van der Waals surface area (Å²) in [5.41, 5.74) is 3.84. The lowest BCUT2D eigenvalue weighted by molar-refractivity contribution is 0.0942. The highest BCUT2D eigenvalue weighted by atomic mass is 16.1. The molecule has 0 spiro atoms. The lowest BCUT2D eigenvalue weighted by atomic mass is 9.97. The van der Waals surface area contributed by atoms with Crippen LogP contribution >= 0.6 is 0 Å². The number of carbonyl (C=O) groups is 1. The van der Waals surface area contributed by atoms with Crippen molar-refractivity contribution in [1.29, 1.82) is 0 Å². The molecule has 0 saturated carbocycles. The maximum Gasteiger partial charge on any atom is 0.253 e. The first-order chi connectivity index (χ1) is 11.2. The summed E-state index contributed by atoms with van der Waals surface area (Å²) in [6.07, 6.45) is 3.24. The molecule has 0 aliphatic rings. The van der Waals surface area contributed by atoms with E-state index in [1.807, 2.05) is 42.5 Å². The van der Waals surface area contributed by atoms with Gasteiger partial charge in [-0.15, -0.1) is 0 Å². The summed E-state index contributed by atoms with van der Waals surface area (Å²) < 4.78 is 0. The molecule has 1 amide bonds. The number of benzene rings is 2. The Balaban J connectivity index is 1.94. The molecule has 3 rings (SSSR count). The highest BCUT2D eigenvalue weighted by Crippen LogP contribution is 2.23. The quantitative estimate of drug-likeness (QED) is 0.794. The monoisotopic (exact) mass is 302 g/mol. The van der Waals surface area contributed by atoms with Crippen LogP contribution in [0.2, 0.25) is 0 Å². The molecule has 2 aromatic carbocycles. The second kappa shape index (κ2) is 6.88. The molecular weight excluding hydrogens is 284 g/mol. The molecule has 3 heteroatoms. The minimum atomic E-state index is -0.191. The van der Waals surface area contributed by atoms with E-state index in [1.165, 1.54) is 5.56 Å². The van der Waals surface area contributed by atoms with Crippen LogP contribution in [-0.2, 0) is 0 Å². The van der Waals surface area contributed by atoms with Gasteiger partial charge < -0.3 is 5.32 Å². The molecule has 1 atom stereocenters. The first-order valence-electron chi connectivity index (χ1n) is 7.56. The molecule has 0 radical (unpaired) electrons. The number of rotatable bonds is 4. The van der Waals surface area contributed by atoms with Gasteiger partial charge in [-0.25, -0.2) is 0 Å². The number of pyridine rings is 1. The fourth-order valence-corrected chi connectivity index (χ4v) is 2.57. The standard InChI is InChI=1S/C20H18N2O/c1-15-7-5-10-17(13-15)19(16-8-3-2-4-9-16)22-20(23)18-11-6-12-21-14-18/h2-14,19H,1H3,(H,22,23)/t19-/m1/s1. The Hall–Kier alpha value is -2.94. The van der Waals surface area contributed by atoms with Crippen molar-refractivity contribution in [1.82, 2.24) is 10.3 Å². The van der Waals surface area contributed by atoms with Gasteiger partial charge >= 0.3 is 0 Å². The van der Waals surface area contributed by atoms with Crippen molar-refractivity contribution in [2.75, 3.05) is 0 Å². The van der Waals surface area contributed by atoms with Crippen molar-refractivity contribution < 1.29 is 4.79 Å². The molecule has 1 N–H and O–H groups in total. The minimum absolute atomic E-state index is 0.131. The van der Waals surface area contributed by atoms with Crippen LogP contribution in [-0.4, -0.2) is 10.9 Å². The van der Waals surface area contributed by atoms with E-state index in [9.17, 15) is 4.79 Å². The second-order valence-corrected chi connectivity index (χ2v) is 5.47. The van der Waals surface area contributed by atoms with Gasteiger partial charge in [0.25, 0.3) is 5.91 Å². The van der Waals surface area contributed by atoms with Gasteiger partial charge in [-0.05, 0) is 30.2 Å². The molecule has 1 heterocycles. The SMILES string of the molecule is Cc1cccc([C@H](NC(=O)c2cccnc2)c2ccccc2)c1. The maximum absolute atomic E-state index is 12.5. The van der Waals surface area contributed by atoms with E-state index in [0.717, 1.165) is 11.1 Å². The first kappa shape index (κ1) is 15.0. The zero-order chi connectivity index (χ0) is 16.1. The Morgan fingerprint density at radius 3 is 2.43 bits per heavy atom. The first-order valence-corrected chi connectivity index (χ1v) is 7.56. The number of nitrogens with one attached hydrogen (secondary N) is 1. The molecule has 114 valence electrons. The van der Waals surface area contributed by atoms with E-state index in [-0.39, 0.29) is 11.9 Å². The van der Waals surface area contributed by atoms with Gasteiger partial charge in [-0.1, -0.05) is 60.2 Å². The lowest BCUT2D eigenvalue weighted by Gasteiger charge is -2.20. The zero-order valence-electron chi connectivity index (χ0n) is 12.9. The van der Waals surface area contributed by atoms with Crippen molar-refractivity contribution >= 4 is 5.91 Å². The number of carbonyl (C=O) groups excluding carboxylic acids is 1. The van der Waals surface area contributed by atoms with Gasteiger partial charge in [0.05, 0.1) is 11.6 Å². The van der Waals surface area contributed by atoms with Crippen LogP contribution in [0.3, 0.4) is 0 Å². The molecule has 1 aromatic heterocycles. The Kier molecular flexibility index (Phi) is 4.48. The predicted octanol–water partition coefficient (Wildman–Crippen LogP) is 3.91. The van der Waals surface area contributed by atoms with Crippen LogP contribution in [0.5, 0.6) is 0 Å². The van der Waals surface area contributed by atoms with E-state index in [0.29, 0.717) is 5.56 Å². The van der Waals surface area contributed by atoms with Crippen molar-refractivity contribution in [3.63, 3.8) is 0 Å². The normalized spacial score (nSPS) is 11.7. The number of nitrogens with zero attached hydrogens (tertiary/aromatic N) is 1. The summed E-state index contributed by atoms with van der Waals surface area (Å²) >= 11 is 0. The number of hydrogen-bond acceptors (Lipinski definition) is 2. The molecule has 0 unspecified atom stereocenters. The molecule has 0 aliphatic carbocycles. The average molecular weight is 302 g/mol. The Morgan fingerprint density at radius 1 is 0.957 bits per heavy atom. The van der Waals surface area contributed by atoms with Gasteiger partial charge in [0.1, 0.15) is 0 Å². The summed E-state index contributed by atoms with van der Waals surface area (Å²) in [6.45, 7) is 2.05. The lowest BCUT2D eigenvalue weighted by Crippen LogP contribution is -2.29. The van der Waals surface area contributed by atoms with Crippen molar-refractivity contribution in [3.05, 3.63) is 101 Å². The molecule has 0 bridgehead atoms. The van der Waals surface area contributed by atoms with Gasteiger partial charge in [-0.3, -0.25) is 9.78 Å². The number of hydrogen-bond donors (Lipinski definition) is 1. The topological polar surface area (TPSA) is 42.0 Å². The summed E-state index contributed by atoms with van der Waals surface area (Å²) in [5, 5.41) is 3.11. The van der Waals surface area contributed by atoms with Crippen LogP contribution in [0.4, 0.5) is 0 Å². The number of aromatic nitrogens is 1. The molecule has 0 aliphatic heterocycles. The Labute approximate surface area is 136 Å². The van der Waals surface area contributed by atoms with Gasteiger partial charge in [0, 0.05) is 12.4 Å². The third kappa shape index (κ3) is 3.64. The van der Waals surface area contributed by atoms with Crippen molar-refractivity contribution in [2.24, 2.45) is 0 Å². The summed E-state index contributed by atoms with van der Waals surface area (Å²) in [6, 6.07) is 21.5. The fourth-order valence-electron chi connectivity index (χ4n) is 2.57. The second-order valence-electron chi connectivity index (χ2n) is 5.47. The van der Waals surface area contributed by atoms with Gasteiger partial charge in [-0.2, -0.15) is 0 Å². The van der Waals surface area contributed by atoms with E-state index < -0.39 is 0 Å². The van der Waals surface area contributed by atoms with Gasteiger partial charge in [0.2, 0.25) is 0 Å². The zero-order valence-corrected chi connectivity index (χ0v) is 12.9. The van der Waals surface area contributed by atoms with E-state index in [4.69, 9.17) is 0 Å². The smallest absolute Gasteiger partial charge is 0.253 e. The number of amides is 1. The fraction of sp³-hybridized carbons (Fsp3) is 0.100. The highest BCUT2D eigenvalue weighted by Gasteiger charge is 2.17. The molecule has 0 fully saturated rings. The van der Waals surface area contributed by atoms with Crippen LogP contribution < -0.4 is 5.32 Å². The van der Waals surface area contributed by atoms with Crippen molar-refractivity contribution in [2.45, 2.75) is 13.0 Å². The third-order valence-corrected chi connectivity index (χ3v) is 3.71. The summed E-state index contributed by atoms with van der Waals surface area (Å²) in [5.74, 6) is -0.131. The van der Waals surface area contributed by atoms with Crippen molar-refractivity contribution in [3.8, 4) is 0 Å². The predicted molar refractivity (Wildman–Crippen MR) is 91.2 cm³/mol. The minimum Gasteiger partial charge on any atom is -0.341 e. The molecular formula is C20H18N2O.